The van der Waals surface area contributed by atoms with Crippen LogP contribution in [0.3, 0.4) is 0 Å². The first-order valence-corrected chi connectivity index (χ1v) is 17.3. The molecule has 0 N–H and O–H groups in total. The molecule has 0 aromatic heterocycles. The van der Waals surface area contributed by atoms with Crippen molar-refractivity contribution in [1.29, 1.82) is 0 Å². The molecule has 0 aliphatic carbocycles. The molecular formula is C24H40BNO4S2Si. The lowest BCUT2D eigenvalue weighted by Gasteiger charge is -2.38. The van der Waals surface area contributed by atoms with Crippen molar-refractivity contribution < 1.29 is 18.8 Å². The van der Waals surface area contributed by atoms with E-state index in [1.807, 2.05) is 48.9 Å². The highest BCUT2D eigenvalue weighted by atomic mass is 32.2. The van der Waals surface area contributed by atoms with Crippen molar-refractivity contribution in [2.24, 2.45) is 0 Å². The SMILES string of the molecule is CC(C)(C)OC(=O)N(c1ccc(B2OC(C)(C)C(C)(C)O2)cc1C1SCCCS1)[Si](C)(C)C. The number of thioether (sulfide) groups is 2. The van der Waals surface area contributed by atoms with E-state index in [9.17, 15) is 4.79 Å². The van der Waals surface area contributed by atoms with E-state index in [2.05, 4.69) is 65.5 Å². The fraction of sp³-hybridized carbons (Fsp3) is 0.708. The summed E-state index contributed by atoms with van der Waals surface area (Å²) in [6, 6.07) is 6.33. The second-order valence-electron chi connectivity index (χ2n) is 11.8. The van der Waals surface area contributed by atoms with Crippen LogP contribution in [0.25, 0.3) is 0 Å². The molecule has 9 heteroatoms. The second-order valence-corrected chi connectivity index (χ2v) is 19.3. The average Bonchev–Trinajstić information content (AvgIpc) is 2.87. The van der Waals surface area contributed by atoms with Gasteiger partial charge in [-0.15, -0.1) is 23.5 Å². The zero-order chi connectivity index (χ0) is 24.8. The molecule has 184 valence electrons. The molecular weight excluding hydrogens is 469 g/mol. The van der Waals surface area contributed by atoms with E-state index < -0.39 is 32.2 Å². The zero-order valence-corrected chi connectivity index (χ0v) is 24.5. The highest BCUT2D eigenvalue weighted by molar-refractivity contribution is 8.16. The van der Waals surface area contributed by atoms with Gasteiger partial charge in [-0.05, 0) is 83.5 Å². The van der Waals surface area contributed by atoms with Crippen molar-refractivity contribution in [2.45, 2.75) is 95.9 Å². The zero-order valence-electron chi connectivity index (χ0n) is 21.9. The van der Waals surface area contributed by atoms with Crippen LogP contribution in [0.5, 0.6) is 0 Å². The molecule has 0 unspecified atom stereocenters. The number of nitrogens with zero attached hydrogens (tertiary/aromatic N) is 1. The number of rotatable bonds is 4. The Kier molecular flexibility index (Phi) is 7.73. The van der Waals surface area contributed by atoms with Crippen molar-refractivity contribution in [3.8, 4) is 0 Å². The van der Waals surface area contributed by atoms with Crippen molar-refractivity contribution in [3.63, 3.8) is 0 Å². The van der Waals surface area contributed by atoms with E-state index in [4.69, 9.17) is 14.0 Å². The molecule has 1 aromatic carbocycles. The lowest BCUT2D eigenvalue weighted by molar-refractivity contribution is 0.00578. The van der Waals surface area contributed by atoms with E-state index in [1.165, 1.54) is 6.42 Å². The second kappa shape index (κ2) is 9.45. The van der Waals surface area contributed by atoms with E-state index >= 15 is 0 Å². The maximum Gasteiger partial charge on any atom is 0.494 e. The van der Waals surface area contributed by atoms with Gasteiger partial charge in [0, 0.05) is 5.69 Å². The van der Waals surface area contributed by atoms with E-state index in [1.54, 1.807) is 0 Å². The fourth-order valence-corrected chi connectivity index (χ4v) is 8.25. The highest BCUT2D eigenvalue weighted by Crippen LogP contribution is 2.47. The van der Waals surface area contributed by atoms with Crippen molar-refractivity contribution in [2.75, 3.05) is 16.1 Å². The number of hydrogen-bond donors (Lipinski definition) is 0. The topological polar surface area (TPSA) is 48.0 Å². The molecule has 5 nitrogen and oxygen atoms in total. The van der Waals surface area contributed by atoms with Crippen molar-refractivity contribution >= 4 is 56.1 Å². The van der Waals surface area contributed by atoms with Crippen LogP contribution in [0, 0.1) is 0 Å². The van der Waals surface area contributed by atoms with E-state index in [-0.39, 0.29) is 10.7 Å². The molecule has 3 rings (SSSR count). The summed E-state index contributed by atoms with van der Waals surface area (Å²) in [5, 5.41) is 0. The molecule has 0 atom stereocenters. The van der Waals surface area contributed by atoms with Gasteiger partial charge < -0.3 is 18.6 Å². The Hall–Kier alpha value is -0.608. The van der Waals surface area contributed by atoms with Crippen LogP contribution in [-0.2, 0) is 14.0 Å². The highest BCUT2D eigenvalue weighted by Gasteiger charge is 2.52. The monoisotopic (exact) mass is 509 g/mol. The van der Waals surface area contributed by atoms with Crippen LogP contribution in [-0.4, -0.2) is 49.8 Å². The average molecular weight is 510 g/mol. The number of amides is 1. The Morgan fingerprint density at radius 3 is 2.12 bits per heavy atom. The molecule has 1 aromatic rings. The summed E-state index contributed by atoms with van der Waals surface area (Å²) in [4.78, 5) is 13.4. The van der Waals surface area contributed by atoms with Crippen LogP contribution in [0.4, 0.5) is 10.5 Å². The summed E-state index contributed by atoms with van der Waals surface area (Å²) in [7, 11) is -2.53. The first kappa shape index (κ1) is 27.0. The third kappa shape index (κ3) is 6.15. The Bertz CT molecular complexity index is 860. The molecule has 2 aliphatic heterocycles. The van der Waals surface area contributed by atoms with E-state index in [0.717, 1.165) is 28.2 Å². The van der Waals surface area contributed by atoms with Crippen LogP contribution in [0.15, 0.2) is 18.2 Å². The number of carbonyl (C=O) groups excluding carboxylic acids is 1. The van der Waals surface area contributed by atoms with Gasteiger partial charge in [0.1, 0.15) is 5.60 Å². The molecule has 0 saturated carbocycles. The van der Waals surface area contributed by atoms with Crippen molar-refractivity contribution in [1.82, 2.24) is 0 Å². The third-order valence-corrected chi connectivity index (χ3v) is 10.9. The predicted molar refractivity (Wildman–Crippen MR) is 146 cm³/mol. The summed E-state index contributed by atoms with van der Waals surface area (Å²) < 4.78 is 20.8. The fourth-order valence-electron chi connectivity index (χ4n) is 3.80. The van der Waals surface area contributed by atoms with Gasteiger partial charge in [0.2, 0.25) is 0 Å². The molecule has 1 amide bonds. The van der Waals surface area contributed by atoms with E-state index in [0.29, 0.717) is 0 Å². The minimum absolute atomic E-state index is 0.261. The van der Waals surface area contributed by atoms with Gasteiger partial charge in [-0.3, -0.25) is 0 Å². The summed E-state index contributed by atoms with van der Waals surface area (Å²) in [5.74, 6) is 2.24. The van der Waals surface area contributed by atoms with Gasteiger partial charge in [0.15, 0.2) is 8.24 Å². The standard InChI is InChI=1S/C24H40BNO4S2Si/c1-22(2,3)28-21(27)26(33(8,9)10)19-13-12-17(16-18(19)20-31-14-11-15-32-20)25-29-23(4,5)24(6,7)30-25/h12-13,16,20H,11,14-15H2,1-10H3. The maximum absolute atomic E-state index is 13.4. The van der Waals surface area contributed by atoms with Crippen molar-refractivity contribution in [3.05, 3.63) is 23.8 Å². The van der Waals surface area contributed by atoms with Crippen LogP contribution in [0.1, 0.15) is 65.0 Å². The number of carbonyl (C=O) groups is 1. The Morgan fingerprint density at radius 2 is 1.64 bits per heavy atom. The summed E-state index contributed by atoms with van der Waals surface area (Å²) in [5.41, 5.74) is 1.77. The third-order valence-electron chi connectivity index (χ3n) is 6.15. The molecule has 2 fully saturated rings. The minimum atomic E-state index is -2.10. The molecule has 0 bridgehead atoms. The number of ether oxygens (including phenoxy) is 1. The summed E-state index contributed by atoms with van der Waals surface area (Å²) in [6.07, 6.45) is 0.944. The molecule has 2 saturated heterocycles. The number of hydrogen-bond acceptors (Lipinski definition) is 6. The van der Waals surface area contributed by atoms with Crippen LogP contribution < -0.4 is 10.0 Å². The minimum Gasteiger partial charge on any atom is -0.444 e. The smallest absolute Gasteiger partial charge is 0.444 e. The summed E-state index contributed by atoms with van der Waals surface area (Å²) >= 11 is 3.90. The Labute approximate surface area is 210 Å². The molecule has 33 heavy (non-hydrogen) atoms. The predicted octanol–water partition coefficient (Wildman–Crippen LogP) is 6.43. The molecule has 2 aliphatic rings. The van der Waals surface area contributed by atoms with Gasteiger partial charge in [-0.1, -0.05) is 31.8 Å². The van der Waals surface area contributed by atoms with Gasteiger partial charge in [-0.25, -0.2) is 4.79 Å². The lowest BCUT2D eigenvalue weighted by Crippen LogP contribution is -2.52. The van der Waals surface area contributed by atoms with Gasteiger partial charge in [0.25, 0.3) is 0 Å². The Balaban J connectivity index is 2.07. The lowest BCUT2D eigenvalue weighted by atomic mass is 9.78. The first-order chi connectivity index (χ1) is 15.0. The van der Waals surface area contributed by atoms with Crippen LogP contribution in [0.2, 0.25) is 19.6 Å². The quantitative estimate of drug-likeness (QED) is 0.436. The molecule has 0 spiro atoms. The maximum atomic E-state index is 13.4. The molecule has 2 heterocycles. The summed E-state index contributed by atoms with van der Waals surface area (Å²) in [6.45, 7) is 20.6. The Morgan fingerprint density at radius 1 is 1.09 bits per heavy atom. The molecule has 0 radical (unpaired) electrons. The van der Waals surface area contributed by atoms with Gasteiger partial charge in [-0.2, -0.15) is 0 Å². The number of benzene rings is 1. The first-order valence-electron chi connectivity index (χ1n) is 11.8. The van der Waals surface area contributed by atoms with Gasteiger partial charge in [0.05, 0.1) is 15.8 Å². The van der Waals surface area contributed by atoms with Gasteiger partial charge >= 0.3 is 13.2 Å². The largest absolute Gasteiger partial charge is 0.494 e. The normalized spacial score (nSPS) is 21.2. The number of anilines is 1. The van der Waals surface area contributed by atoms with Crippen LogP contribution >= 0.6 is 23.5 Å².